The van der Waals surface area contributed by atoms with Crippen molar-refractivity contribution in [1.82, 2.24) is 19.2 Å². The van der Waals surface area contributed by atoms with Gasteiger partial charge in [0.15, 0.2) is 0 Å². The highest BCUT2D eigenvalue weighted by Gasteiger charge is 2.31. The third-order valence-electron chi connectivity index (χ3n) is 6.04. The van der Waals surface area contributed by atoms with Crippen molar-refractivity contribution in [2.75, 3.05) is 74.6 Å². The van der Waals surface area contributed by atoms with Gasteiger partial charge < -0.3 is 14.5 Å². The van der Waals surface area contributed by atoms with E-state index in [1.165, 1.54) is 4.31 Å². The minimum atomic E-state index is -3.57. The first kappa shape index (κ1) is 22.9. The number of sulfonamides is 1. The number of carbonyl (C=O) groups is 2. The second-order valence-electron chi connectivity index (χ2n) is 8.26. The van der Waals surface area contributed by atoms with E-state index in [1.54, 1.807) is 0 Å². The fraction of sp³-hybridized carbons (Fsp3) is 0.700. The van der Waals surface area contributed by atoms with E-state index >= 15 is 0 Å². The summed E-state index contributed by atoms with van der Waals surface area (Å²) < 4.78 is 32.5. The van der Waals surface area contributed by atoms with Gasteiger partial charge in [0, 0.05) is 70.4 Å². The second-order valence-corrected chi connectivity index (χ2v) is 10.4. The molecule has 0 unspecified atom stereocenters. The molecular weight excluding hydrogens is 436 g/mol. The molecule has 1 aromatic heterocycles. The number of piperidine rings is 1. The molecule has 32 heavy (non-hydrogen) atoms. The van der Waals surface area contributed by atoms with Crippen molar-refractivity contribution in [3.63, 3.8) is 0 Å². The van der Waals surface area contributed by atoms with Crippen molar-refractivity contribution in [1.29, 1.82) is 0 Å². The Bertz CT molecular complexity index is 941. The maximum Gasteiger partial charge on any atom is 0.229 e. The Hall–Kier alpha value is -2.31. The number of ether oxygens (including phenoxy) is 1. The number of hydrogen-bond donors (Lipinski definition) is 0. The molecule has 0 aliphatic carbocycles. The molecule has 3 saturated heterocycles. The molecule has 0 spiro atoms. The fourth-order valence-corrected chi connectivity index (χ4v) is 5.57. The van der Waals surface area contributed by atoms with E-state index in [0.717, 1.165) is 29.5 Å². The summed E-state index contributed by atoms with van der Waals surface area (Å²) in [5.41, 5.74) is 0.863. The molecule has 4 rings (SSSR count). The largest absolute Gasteiger partial charge is 0.378 e. The number of carbonyl (C=O) groups excluding carboxylic acids is 2. The van der Waals surface area contributed by atoms with E-state index < -0.39 is 10.0 Å². The van der Waals surface area contributed by atoms with Crippen LogP contribution in [0.25, 0.3) is 0 Å². The third kappa shape index (κ3) is 5.18. The van der Waals surface area contributed by atoms with Crippen LogP contribution in [-0.2, 0) is 24.3 Å². The monoisotopic (exact) mass is 466 g/mol. The van der Waals surface area contributed by atoms with Crippen molar-refractivity contribution < 1.29 is 22.7 Å². The van der Waals surface area contributed by atoms with Crippen LogP contribution < -0.4 is 9.80 Å². The van der Waals surface area contributed by atoms with E-state index in [1.807, 2.05) is 17.9 Å². The molecule has 2 amide bonds. The highest BCUT2D eigenvalue weighted by atomic mass is 32.2. The zero-order valence-electron chi connectivity index (χ0n) is 18.4. The topological polar surface area (TPSA) is 116 Å². The van der Waals surface area contributed by atoms with Gasteiger partial charge in [-0.1, -0.05) is 0 Å². The van der Waals surface area contributed by atoms with E-state index in [9.17, 15) is 18.0 Å². The van der Waals surface area contributed by atoms with Gasteiger partial charge in [-0.25, -0.2) is 13.4 Å². The molecule has 3 aliphatic heterocycles. The summed E-state index contributed by atoms with van der Waals surface area (Å²) in [7, 11) is -3.57. The number of morpholine rings is 1. The van der Waals surface area contributed by atoms with E-state index in [2.05, 4.69) is 9.88 Å². The Morgan fingerprint density at radius 1 is 0.938 bits per heavy atom. The first-order chi connectivity index (χ1) is 15.3. The smallest absolute Gasteiger partial charge is 0.229 e. The van der Waals surface area contributed by atoms with E-state index in [0.29, 0.717) is 64.6 Å². The van der Waals surface area contributed by atoms with Crippen LogP contribution in [0, 0.1) is 6.92 Å². The van der Waals surface area contributed by atoms with Crippen molar-refractivity contribution in [3.05, 3.63) is 11.8 Å². The van der Waals surface area contributed by atoms with Gasteiger partial charge in [-0.05, 0) is 13.3 Å². The zero-order valence-corrected chi connectivity index (χ0v) is 19.2. The summed E-state index contributed by atoms with van der Waals surface area (Å²) in [4.78, 5) is 38.4. The fourth-order valence-electron chi connectivity index (χ4n) is 4.18. The van der Waals surface area contributed by atoms with Crippen LogP contribution in [0.15, 0.2) is 6.07 Å². The number of rotatable bonds is 6. The number of likely N-dealkylation sites (tertiary alicyclic amines) is 1. The molecule has 0 saturated carbocycles. The van der Waals surface area contributed by atoms with Gasteiger partial charge in [-0.3, -0.25) is 14.5 Å². The Morgan fingerprint density at radius 3 is 2.25 bits per heavy atom. The lowest BCUT2D eigenvalue weighted by molar-refractivity contribution is -0.147. The van der Waals surface area contributed by atoms with Crippen LogP contribution in [0.4, 0.5) is 11.8 Å². The number of piperazine rings is 1. The Kier molecular flexibility index (Phi) is 6.91. The number of aryl methyl sites for hydroxylation is 1. The van der Waals surface area contributed by atoms with Gasteiger partial charge in [0.25, 0.3) is 0 Å². The van der Waals surface area contributed by atoms with Gasteiger partial charge in [0.2, 0.25) is 27.8 Å². The molecule has 0 radical (unpaired) electrons. The molecule has 0 bridgehead atoms. The van der Waals surface area contributed by atoms with Crippen LogP contribution in [0.3, 0.4) is 0 Å². The number of anilines is 2. The summed E-state index contributed by atoms with van der Waals surface area (Å²) in [6, 6.07) is 1.96. The average molecular weight is 467 g/mol. The van der Waals surface area contributed by atoms with Crippen molar-refractivity contribution >= 4 is 33.6 Å². The Morgan fingerprint density at radius 2 is 1.59 bits per heavy atom. The lowest BCUT2D eigenvalue weighted by Crippen LogP contribution is -2.51. The first-order valence-electron chi connectivity index (χ1n) is 11.1. The molecule has 11 nitrogen and oxygen atoms in total. The molecule has 176 valence electrons. The summed E-state index contributed by atoms with van der Waals surface area (Å²) in [5.74, 6) is 0.657. The van der Waals surface area contributed by atoms with Crippen molar-refractivity contribution in [3.8, 4) is 0 Å². The normalized spacial score (nSPS) is 21.3. The minimum Gasteiger partial charge on any atom is -0.378 e. The lowest BCUT2D eigenvalue weighted by Gasteiger charge is -2.35. The molecule has 4 heterocycles. The third-order valence-corrected chi connectivity index (χ3v) is 7.89. The standard InChI is InChI=1S/C20H30N6O5S/c1-16-15-17(23-9-12-31-13-10-23)22-20(21-16)24-5-7-25(8-6-24)32(29,30)14-11-26-18(27)3-2-4-19(26)28/h15H,2-14H2,1H3. The van der Waals surface area contributed by atoms with Crippen LogP contribution >= 0.6 is 0 Å². The van der Waals surface area contributed by atoms with Crippen LogP contribution in [0.1, 0.15) is 25.0 Å². The molecule has 3 aliphatic rings. The first-order valence-corrected chi connectivity index (χ1v) is 12.7. The van der Waals surface area contributed by atoms with Crippen LogP contribution in [-0.4, -0.2) is 104 Å². The highest BCUT2D eigenvalue weighted by molar-refractivity contribution is 7.89. The van der Waals surface area contributed by atoms with Crippen molar-refractivity contribution in [2.24, 2.45) is 0 Å². The highest BCUT2D eigenvalue weighted by Crippen LogP contribution is 2.21. The maximum atomic E-state index is 12.8. The van der Waals surface area contributed by atoms with Crippen molar-refractivity contribution in [2.45, 2.75) is 26.2 Å². The Balaban J connectivity index is 1.35. The SMILES string of the molecule is Cc1cc(N2CCOCC2)nc(N2CCN(S(=O)(=O)CCN3C(=O)CCCC3=O)CC2)n1. The molecule has 3 fully saturated rings. The van der Waals surface area contributed by atoms with Gasteiger partial charge in [-0.15, -0.1) is 0 Å². The predicted molar refractivity (Wildman–Crippen MR) is 118 cm³/mol. The van der Waals surface area contributed by atoms with Gasteiger partial charge >= 0.3 is 0 Å². The minimum absolute atomic E-state index is 0.0793. The molecule has 0 aromatic carbocycles. The molecule has 12 heteroatoms. The predicted octanol–water partition coefficient (Wildman–Crippen LogP) is -0.387. The van der Waals surface area contributed by atoms with Crippen LogP contribution in [0.5, 0.6) is 0 Å². The number of imide groups is 1. The van der Waals surface area contributed by atoms with Gasteiger partial charge in [-0.2, -0.15) is 9.29 Å². The molecule has 0 atom stereocenters. The molecule has 1 aromatic rings. The second kappa shape index (κ2) is 9.67. The summed E-state index contributed by atoms with van der Waals surface area (Å²) in [6.07, 6.45) is 1.14. The summed E-state index contributed by atoms with van der Waals surface area (Å²) in [6.45, 7) is 6.34. The van der Waals surface area contributed by atoms with Gasteiger partial charge in [0.1, 0.15) is 5.82 Å². The number of amides is 2. The quantitative estimate of drug-likeness (QED) is 0.517. The van der Waals surface area contributed by atoms with Gasteiger partial charge in [0.05, 0.1) is 19.0 Å². The molecule has 0 N–H and O–H groups in total. The molecular formula is C20H30N6O5S. The number of nitrogens with zero attached hydrogens (tertiary/aromatic N) is 6. The average Bonchev–Trinajstić information content (AvgIpc) is 2.79. The number of hydrogen-bond acceptors (Lipinski definition) is 9. The summed E-state index contributed by atoms with van der Waals surface area (Å²) in [5, 5.41) is 0. The Labute approximate surface area is 188 Å². The van der Waals surface area contributed by atoms with E-state index in [4.69, 9.17) is 9.72 Å². The lowest BCUT2D eigenvalue weighted by atomic mass is 10.1. The summed E-state index contributed by atoms with van der Waals surface area (Å²) >= 11 is 0. The zero-order chi connectivity index (χ0) is 22.7. The maximum absolute atomic E-state index is 12.8. The van der Waals surface area contributed by atoms with Crippen LogP contribution in [0.2, 0.25) is 0 Å². The van der Waals surface area contributed by atoms with E-state index in [-0.39, 0.29) is 24.1 Å². The number of aromatic nitrogens is 2.